The lowest BCUT2D eigenvalue weighted by Gasteiger charge is -2.27. The first-order valence-corrected chi connectivity index (χ1v) is 7.12. The van der Waals surface area contributed by atoms with E-state index in [0.717, 1.165) is 5.56 Å². The molecule has 1 unspecified atom stereocenters. The molecule has 0 fully saturated rings. The topological polar surface area (TPSA) is 41.6 Å². The quantitative estimate of drug-likeness (QED) is 0.907. The Morgan fingerprint density at radius 2 is 1.81 bits per heavy atom. The molecule has 1 aliphatic heterocycles. The third-order valence-electron chi connectivity index (χ3n) is 3.40. The highest BCUT2D eigenvalue weighted by Gasteiger charge is 2.31. The molecule has 0 aromatic heterocycles. The van der Waals surface area contributed by atoms with Crippen LogP contribution in [0.15, 0.2) is 47.5 Å². The number of hydrogen-bond acceptors (Lipinski definition) is 3. The number of aliphatic imine (C=N–C) groups is 1. The summed E-state index contributed by atoms with van der Waals surface area (Å²) in [6, 6.07) is 11.3. The number of nitrogens with zero attached hydrogens (tertiary/aromatic N) is 2. The van der Waals surface area contributed by atoms with Crippen LogP contribution >= 0.6 is 23.2 Å². The summed E-state index contributed by atoms with van der Waals surface area (Å²) in [7, 11) is 0. The van der Waals surface area contributed by atoms with Crippen LogP contribution in [0.3, 0.4) is 0 Å². The number of guanidine groups is 1. The molecule has 2 aromatic carbocycles. The molecular formula is C15H12Cl2FN3. The second kappa shape index (κ2) is 5.54. The van der Waals surface area contributed by atoms with Gasteiger partial charge in [-0.1, -0.05) is 35.3 Å². The summed E-state index contributed by atoms with van der Waals surface area (Å²) in [5, 5.41) is 1.08. The molecule has 0 saturated carbocycles. The van der Waals surface area contributed by atoms with E-state index in [1.54, 1.807) is 35.2 Å². The first-order chi connectivity index (χ1) is 10.1. The summed E-state index contributed by atoms with van der Waals surface area (Å²) in [5.74, 6) is -0.0159. The molecule has 0 radical (unpaired) electrons. The molecule has 6 heteroatoms. The SMILES string of the molecule is NC1=NCC(c2c(Cl)cccc2Cl)N1c1cccc(F)c1. The van der Waals surface area contributed by atoms with Crippen LogP contribution < -0.4 is 10.6 Å². The third-order valence-corrected chi connectivity index (χ3v) is 4.06. The fourth-order valence-corrected chi connectivity index (χ4v) is 3.13. The summed E-state index contributed by atoms with van der Waals surface area (Å²) in [6.45, 7) is 0.422. The van der Waals surface area contributed by atoms with E-state index in [2.05, 4.69) is 4.99 Å². The zero-order valence-electron chi connectivity index (χ0n) is 10.9. The van der Waals surface area contributed by atoms with Gasteiger partial charge in [0, 0.05) is 21.3 Å². The lowest BCUT2D eigenvalue weighted by molar-refractivity contribution is 0.626. The average Bonchev–Trinajstić information content (AvgIpc) is 2.80. The highest BCUT2D eigenvalue weighted by atomic mass is 35.5. The van der Waals surface area contributed by atoms with Gasteiger partial charge in [0.1, 0.15) is 5.82 Å². The maximum Gasteiger partial charge on any atom is 0.196 e. The summed E-state index contributed by atoms with van der Waals surface area (Å²) in [5.41, 5.74) is 7.32. The molecule has 1 aliphatic rings. The van der Waals surface area contributed by atoms with Gasteiger partial charge in [-0.05, 0) is 30.3 Å². The van der Waals surface area contributed by atoms with Gasteiger partial charge in [0.2, 0.25) is 0 Å². The van der Waals surface area contributed by atoms with Crippen molar-refractivity contribution in [1.82, 2.24) is 0 Å². The number of nitrogens with two attached hydrogens (primary N) is 1. The molecule has 0 bridgehead atoms. The molecule has 108 valence electrons. The largest absolute Gasteiger partial charge is 0.369 e. The van der Waals surface area contributed by atoms with E-state index in [4.69, 9.17) is 28.9 Å². The Labute approximate surface area is 131 Å². The van der Waals surface area contributed by atoms with Crippen molar-refractivity contribution in [3.63, 3.8) is 0 Å². The molecule has 0 amide bonds. The van der Waals surface area contributed by atoms with E-state index in [1.807, 2.05) is 0 Å². The summed E-state index contributed by atoms with van der Waals surface area (Å²) < 4.78 is 13.5. The van der Waals surface area contributed by atoms with Crippen molar-refractivity contribution in [2.45, 2.75) is 6.04 Å². The minimum Gasteiger partial charge on any atom is -0.369 e. The Balaban J connectivity index is 2.07. The maximum atomic E-state index is 13.5. The van der Waals surface area contributed by atoms with Crippen molar-refractivity contribution < 1.29 is 4.39 Å². The monoisotopic (exact) mass is 323 g/mol. The Kier molecular flexibility index (Phi) is 3.74. The molecule has 21 heavy (non-hydrogen) atoms. The fourth-order valence-electron chi connectivity index (χ4n) is 2.49. The third kappa shape index (κ3) is 2.57. The molecule has 0 aliphatic carbocycles. The lowest BCUT2D eigenvalue weighted by Crippen LogP contribution is -2.36. The Morgan fingerprint density at radius 3 is 2.48 bits per heavy atom. The van der Waals surface area contributed by atoms with E-state index < -0.39 is 0 Å². The van der Waals surface area contributed by atoms with Crippen LogP contribution in [0.1, 0.15) is 11.6 Å². The van der Waals surface area contributed by atoms with Gasteiger partial charge in [-0.3, -0.25) is 4.99 Å². The van der Waals surface area contributed by atoms with Crippen LogP contribution in [0.25, 0.3) is 0 Å². The molecule has 3 rings (SSSR count). The Bertz CT molecular complexity index is 698. The normalized spacial score (nSPS) is 18.0. The van der Waals surface area contributed by atoms with Gasteiger partial charge >= 0.3 is 0 Å². The van der Waals surface area contributed by atoms with Crippen molar-refractivity contribution in [3.8, 4) is 0 Å². The number of hydrogen-bond donors (Lipinski definition) is 1. The number of halogens is 3. The van der Waals surface area contributed by atoms with Crippen molar-refractivity contribution in [1.29, 1.82) is 0 Å². The zero-order valence-corrected chi connectivity index (χ0v) is 12.4. The molecule has 2 N–H and O–H groups in total. The number of benzene rings is 2. The zero-order chi connectivity index (χ0) is 15.0. The first kappa shape index (κ1) is 14.2. The molecule has 2 aromatic rings. The standard InChI is InChI=1S/C15H12Cl2FN3/c16-11-5-2-6-12(17)14(11)13-8-20-15(19)21(13)10-4-1-3-9(18)7-10/h1-7,13H,8H2,(H2,19,20). The van der Waals surface area contributed by atoms with Crippen molar-refractivity contribution in [3.05, 3.63) is 63.9 Å². The highest BCUT2D eigenvalue weighted by molar-refractivity contribution is 6.36. The van der Waals surface area contributed by atoms with Gasteiger partial charge in [0.05, 0.1) is 12.6 Å². The van der Waals surface area contributed by atoms with Gasteiger partial charge in [-0.2, -0.15) is 0 Å². The highest BCUT2D eigenvalue weighted by Crippen LogP contribution is 2.38. The first-order valence-electron chi connectivity index (χ1n) is 6.36. The molecule has 0 spiro atoms. The average molecular weight is 324 g/mol. The second-order valence-corrected chi connectivity index (χ2v) is 5.51. The summed E-state index contributed by atoms with van der Waals surface area (Å²) in [4.78, 5) is 5.99. The predicted octanol–water partition coefficient (Wildman–Crippen LogP) is 4.01. The van der Waals surface area contributed by atoms with Gasteiger partial charge in [-0.25, -0.2) is 4.39 Å². The molecular weight excluding hydrogens is 312 g/mol. The second-order valence-electron chi connectivity index (χ2n) is 4.70. The fraction of sp³-hybridized carbons (Fsp3) is 0.133. The van der Waals surface area contributed by atoms with E-state index in [0.29, 0.717) is 28.2 Å². The predicted molar refractivity (Wildman–Crippen MR) is 84.6 cm³/mol. The summed E-state index contributed by atoms with van der Waals surface area (Å²) >= 11 is 12.5. The van der Waals surface area contributed by atoms with Crippen molar-refractivity contribution in [2.24, 2.45) is 10.7 Å². The smallest absolute Gasteiger partial charge is 0.196 e. The van der Waals surface area contributed by atoms with Crippen LogP contribution in [0.2, 0.25) is 10.0 Å². The van der Waals surface area contributed by atoms with E-state index in [-0.39, 0.29) is 11.9 Å². The number of rotatable bonds is 2. The van der Waals surface area contributed by atoms with Gasteiger partial charge < -0.3 is 10.6 Å². The summed E-state index contributed by atoms with van der Waals surface area (Å²) in [6.07, 6.45) is 0. The van der Waals surface area contributed by atoms with Crippen LogP contribution in [0.4, 0.5) is 10.1 Å². The van der Waals surface area contributed by atoms with Crippen molar-refractivity contribution in [2.75, 3.05) is 11.4 Å². The van der Waals surface area contributed by atoms with E-state index >= 15 is 0 Å². The molecule has 3 nitrogen and oxygen atoms in total. The molecule has 1 atom stereocenters. The lowest BCUT2D eigenvalue weighted by atomic mass is 10.1. The van der Waals surface area contributed by atoms with Gasteiger partial charge in [-0.15, -0.1) is 0 Å². The van der Waals surface area contributed by atoms with E-state index in [9.17, 15) is 4.39 Å². The van der Waals surface area contributed by atoms with Gasteiger partial charge in [0.25, 0.3) is 0 Å². The van der Waals surface area contributed by atoms with Crippen LogP contribution in [0, 0.1) is 5.82 Å². The maximum absolute atomic E-state index is 13.5. The molecule has 0 saturated heterocycles. The van der Waals surface area contributed by atoms with Crippen LogP contribution in [-0.2, 0) is 0 Å². The number of anilines is 1. The minimum absolute atomic E-state index is 0.243. The Morgan fingerprint density at radius 1 is 1.14 bits per heavy atom. The molecule has 1 heterocycles. The Hall–Kier alpha value is -1.78. The van der Waals surface area contributed by atoms with Gasteiger partial charge in [0.15, 0.2) is 5.96 Å². The van der Waals surface area contributed by atoms with E-state index in [1.165, 1.54) is 12.1 Å². The van der Waals surface area contributed by atoms with Crippen LogP contribution in [0.5, 0.6) is 0 Å². The minimum atomic E-state index is -0.337. The van der Waals surface area contributed by atoms with Crippen LogP contribution in [-0.4, -0.2) is 12.5 Å². The van der Waals surface area contributed by atoms with Crippen molar-refractivity contribution >= 4 is 34.8 Å².